The molecule has 0 bridgehead atoms. The van der Waals surface area contributed by atoms with E-state index in [1.165, 1.54) is 11.6 Å². The highest BCUT2D eigenvalue weighted by atomic mass is 79.9. The first-order chi connectivity index (χ1) is 12.1. The first-order valence-electron chi connectivity index (χ1n) is 7.79. The molecule has 0 aliphatic carbocycles. The summed E-state index contributed by atoms with van der Waals surface area (Å²) >= 11 is 9.32. The second-order valence-electron chi connectivity index (χ2n) is 5.86. The summed E-state index contributed by atoms with van der Waals surface area (Å²) in [7, 11) is 0. The Kier molecular flexibility index (Phi) is 4.36. The SMILES string of the molecule is Fc1c(Cl)cccc1C1N=C2C=CN(Cc3ccc(Br)cc3)C=C2N1. The topological polar surface area (TPSA) is 27.6 Å². The quantitative estimate of drug-likeness (QED) is 0.746. The molecule has 0 saturated heterocycles. The number of fused-ring (bicyclic) bond motifs is 1. The maximum absolute atomic E-state index is 14.2. The number of nitrogens with zero attached hydrogens (tertiary/aromatic N) is 2. The Morgan fingerprint density at radius 1 is 1.20 bits per heavy atom. The number of hydrogen-bond donors (Lipinski definition) is 1. The molecule has 1 N–H and O–H groups in total. The summed E-state index contributed by atoms with van der Waals surface area (Å²) in [5, 5.41) is 3.37. The van der Waals surface area contributed by atoms with Crippen molar-refractivity contribution in [3.05, 3.63) is 93.1 Å². The van der Waals surface area contributed by atoms with Crippen molar-refractivity contribution in [2.24, 2.45) is 4.99 Å². The molecule has 0 spiro atoms. The van der Waals surface area contributed by atoms with Crippen LogP contribution in [0.2, 0.25) is 5.02 Å². The van der Waals surface area contributed by atoms with Crippen LogP contribution in [0, 0.1) is 5.82 Å². The van der Waals surface area contributed by atoms with Crippen LogP contribution in [0.5, 0.6) is 0 Å². The van der Waals surface area contributed by atoms with Gasteiger partial charge < -0.3 is 10.2 Å². The fourth-order valence-electron chi connectivity index (χ4n) is 2.85. The van der Waals surface area contributed by atoms with E-state index in [0.29, 0.717) is 5.56 Å². The molecule has 0 aromatic heterocycles. The number of nitrogens with one attached hydrogen (secondary N) is 1. The standard InChI is InChI=1S/C19H14BrClFN3/c20-13-6-4-12(5-7-13)10-25-9-8-16-17(11-25)24-19(23-16)14-2-1-3-15(21)18(14)22/h1-9,11,19,24H,10H2. The lowest BCUT2D eigenvalue weighted by Gasteiger charge is -2.21. The van der Waals surface area contributed by atoms with Crippen LogP contribution in [0.4, 0.5) is 4.39 Å². The molecule has 4 rings (SSSR count). The van der Waals surface area contributed by atoms with E-state index < -0.39 is 12.0 Å². The minimum Gasteiger partial charge on any atom is -0.357 e. The Morgan fingerprint density at radius 2 is 2.00 bits per heavy atom. The summed E-state index contributed by atoms with van der Waals surface area (Å²) in [4.78, 5) is 6.62. The van der Waals surface area contributed by atoms with Gasteiger partial charge in [-0.1, -0.05) is 51.8 Å². The van der Waals surface area contributed by atoms with Crippen molar-refractivity contribution in [3.8, 4) is 0 Å². The first kappa shape index (κ1) is 16.4. The fourth-order valence-corrected chi connectivity index (χ4v) is 3.30. The molecule has 3 nitrogen and oxygen atoms in total. The molecule has 1 unspecified atom stereocenters. The third-order valence-corrected chi connectivity index (χ3v) is 4.93. The van der Waals surface area contributed by atoms with Crippen LogP contribution in [-0.2, 0) is 6.54 Å². The first-order valence-corrected chi connectivity index (χ1v) is 8.96. The minimum absolute atomic E-state index is 0.107. The largest absolute Gasteiger partial charge is 0.357 e. The predicted octanol–water partition coefficient (Wildman–Crippen LogP) is 5.16. The molecule has 2 aliphatic heterocycles. The summed E-state index contributed by atoms with van der Waals surface area (Å²) in [6, 6.07) is 13.2. The van der Waals surface area contributed by atoms with Gasteiger partial charge in [0.15, 0.2) is 0 Å². The summed E-state index contributed by atoms with van der Waals surface area (Å²) < 4.78 is 15.3. The molecule has 2 aromatic carbocycles. The van der Waals surface area contributed by atoms with E-state index in [4.69, 9.17) is 11.6 Å². The number of rotatable bonds is 3. The molecule has 1 atom stereocenters. The van der Waals surface area contributed by atoms with Crippen LogP contribution in [0.3, 0.4) is 0 Å². The fraction of sp³-hybridized carbons (Fsp3) is 0.105. The molecule has 0 amide bonds. The van der Waals surface area contributed by atoms with Crippen molar-refractivity contribution in [1.29, 1.82) is 0 Å². The number of halogens is 3. The molecule has 2 heterocycles. The normalized spacial score (nSPS) is 18.5. The van der Waals surface area contributed by atoms with E-state index in [9.17, 15) is 4.39 Å². The molecule has 0 fully saturated rings. The molecular formula is C19H14BrClFN3. The van der Waals surface area contributed by atoms with E-state index >= 15 is 0 Å². The Hall–Kier alpha value is -2.11. The number of allylic oxidation sites excluding steroid dienone is 1. The Balaban J connectivity index is 1.53. The van der Waals surface area contributed by atoms with Crippen LogP contribution in [0.1, 0.15) is 17.3 Å². The van der Waals surface area contributed by atoms with Crippen LogP contribution in [-0.4, -0.2) is 10.6 Å². The zero-order valence-electron chi connectivity index (χ0n) is 13.1. The summed E-state index contributed by atoms with van der Waals surface area (Å²) in [6.07, 6.45) is 5.44. The molecule has 2 aliphatic rings. The zero-order valence-corrected chi connectivity index (χ0v) is 15.4. The van der Waals surface area contributed by atoms with Gasteiger partial charge in [-0.2, -0.15) is 0 Å². The van der Waals surface area contributed by atoms with Gasteiger partial charge in [-0.05, 0) is 29.8 Å². The molecule has 126 valence electrons. The summed E-state index contributed by atoms with van der Waals surface area (Å²) in [5.41, 5.74) is 3.34. The average molecular weight is 419 g/mol. The van der Waals surface area contributed by atoms with Gasteiger partial charge in [0.25, 0.3) is 0 Å². The third-order valence-electron chi connectivity index (χ3n) is 4.11. The highest BCUT2D eigenvalue weighted by molar-refractivity contribution is 9.10. The highest BCUT2D eigenvalue weighted by Crippen LogP contribution is 2.30. The lowest BCUT2D eigenvalue weighted by atomic mass is 10.1. The van der Waals surface area contributed by atoms with Gasteiger partial charge in [0.1, 0.15) is 12.0 Å². The van der Waals surface area contributed by atoms with Gasteiger partial charge in [0, 0.05) is 29.0 Å². The average Bonchev–Trinajstić information content (AvgIpc) is 3.02. The zero-order chi connectivity index (χ0) is 17.4. The van der Waals surface area contributed by atoms with Gasteiger partial charge in [0.2, 0.25) is 0 Å². The van der Waals surface area contributed by atoms with E-state index in [1.807, 2.05) is 30.6 Å². The predicted molar refractivity (Wildman–Crippen MR) is 102 cm³/mol. The molecule has 6 heteroatoms. The Morgan fingerprint density at radius 3 is 2.80 bits per heavy atom. The lowest BCUT2D eigenvalue weighted by Crippen LogP contribution is -2.22. The smallest absolute Gasteiger partial charge is 0.148 e. The molecule has 0 saturated carbocycles. The monoisotopic (exact) mass is 417 g/mol. The number of aliphatic imine (C=N–C) groups is 1. The van der Waals surface area contributed by atoms with Gasteiger partial charge in [-0.15, -0.1) is 0 Å². The second-order valence-corrected chi connectivity index (χ2v) is 7.18. The van der Waals surface area contributed by atoms with E-state index in [1.54, 1.807) is 12.1 Å². The second kappa shape index (κ2) is 6.65. The molecule has 0 radical (unpaired) electrons. The Labute approximate surface area is 158 Å². The molecular weight excluding hydrogens is 405 g/mol. The van der Waals surface area contributed by atoms with Crippen molar-refractivity contribution >= 4 is 33.2 Å². The van der Waals surface area contributed by atoms with Gasteiger partial charge in [-0.25, -0.2) is 4.39 Å². The van der Waals surface area contributed by atoms with Gasteiger partial charge >= 0.3 is 0 Å². The maximum Gasteiger partial charge on any atom is 0.148 e. The number of hydrogen-bond acceptors (Lipinski definition) is 3. The van der Waals surface area contributed by atoms with Crippen molar-refractivity contribution < 1.29 is 4.39 Å². The highest BCUT2D eigenvalue weighted by Gasteiger charge is 2.26. The van der Waals surface area contributed by atoms with Crippen LogP contribution in [0.25, 0.3) is 0 Å². The third kappa shape index (κ3) is 3.34. The van der Waals surface area contributed by atoms with E-state index in [2.05, 4.69) is 43.3 Å². The molecule has 2 aromatic rings. The Bertz CT molecular complexity index is 905. The van der Waals surface area contributed by atoms with Crippen LogP contribution < -0.4 is 5.32 Å². The van der Waals surface area contributed by atoms with E-state index in [-0.39, 0.29) is 5.02 Å². The van der Waals surface area contributed by atoms with Crippen molar-refractivity contribution in [2.45, 2.75) is 12.7 Å². The van der Waals surface area contributed by atoms with Crippen LogP contribution >= 0.6 is 27.5 Å². The summed E-state index contributed by atoms with van der Waals surface area (Å²) in [6.45, 7) is 0.748. The van der Waals surface area contributed by atoms with Crippen molar-refractivity contribution in [3.63, 3.8) is 0 Å². The lowest BCUT2D eigenvalue weighted by molar-refractivity contribution is 0.490. The van der Waals surface area contributed by atoms with Gasteiger partial charge in [0.05, 0.1) is 16.4 Å². The van der Waals surface area contributed by atoms with Crippen molar-refractivity contribution in [2.75, 3.05) is 0 Å². The summed E-state index contributed by atoms with van der Waals surface area (Å²) in [5.74, 6) is -0.430. The molecule has 25 heavy (non-hydrogen) atoms. The minimum atomic E-state index is -0.461. The van der Waals surface area contributed by atoms with Gasteiger partial charge in [-0.3, -0.25) is 4.99 Å². The van der Waals surface area contributed by atoms with E-state index in [0.717, 1.165) is 22.4 Å². The van der Waals surface area contributed by atoms with Crippen LogP contribution in [0.15, 0.2) is 76.1 Å². The van der Waals surface area contributed by atoms with Crippen molar-refractivity contribution in [1.82, 2.24) is 10.2 Å². The number of benzene rings is 2. The maximum atomic E-state index is 14.2.